The molecule has 0 aliphatic rings. The van der Waals surface area contributed by atoms with Crippen molar-refractivity contribution in [2.45, 2.75) is 20.0 Å². The van der Waals surface area contributed by atoms with Crippen molar-refractivity contribution in [3.8, 4) is 0 Å². The molecule has 0 bridgehead atoms. The fraction of sp³-hybridized carbons (Fsp3) is 0.308. The third kappa shape index (κ3) is 2.64. The van der Waals surface area contributed by atoms with Crippen LogP contribution in [0.2, 0.25) is 0 Å². The van der Waals surface area contributed by atoms with Crippen LogP contribution in [-0.2, 0) is 13.1 Å². The highest BCUT2D eigenvalue weighted by molar-refractivity contribution is 7.05. The highest BCUT2D eigenvalue weighted by Crippen LogP contribution is 2.15. The standard InChI is InChI=1S/C13H15N5S/c1-9-12(19-17-16-9)7-18(2)8-13-14-10-5-3-4-6-11(10)15-13/h3-6H,7-8H2,1-2H3,(H,14,15). The van der Waals surface area contributed by atoms with Gasteiger partial charge in [-0.25, -0.2) is 4.98 Å². The molecule has 0 fully saturated rings. The van der Waals surface area contributed by atoms with E-state index in [1.165, 1.54) is 16.4 Å². The Balaban J connectivity index is 1.72. The fourth-order valence-corrected chi connectivity index (χ4v) is 2.75. The summed E-state index contributed by atoms with van der Waals surface area (Å²) in [6.07, 6.45) is 0. The van der Waals surface area contributed by atoms with Crippen LogP contribution in [-0.4, -0.2) is 31.5 Å². The Morgan fingerprint density at radius 2 is 2.11 bits per heavy atom. The lowest BCUT2D eigenvalue weighted by Crippen LogP contribution is -2.17. The van der Waals surface area contributed by atoms with Gasteiger partial charge in [-0.05, 0) is 37.6 Å². The molecular formula is C13H15N5S. The van der Waals surface area contributed by atoms with Crippen LogP contribution in [0, 0.1) is 6.92 Å². The molecule has 0 atom stereocenters. The molecule has 0 amide bonds. The van der Waals surface area contributed by atoms with Gasteiger partial charge in [0.25, 0.3) is 0 Å². The van der Waals surface area contributed by atoms with E-state index in [1.54, 1.807) is 0 Å². The van der Waals surface area contributed by atoms with Crippen LogP contribution in [0.15, 0.2) is 24.3 Å². The van der Waals surface area contributed by atoms with Gasteiger partial charge in [0.1, 0.15) is 5.82 Å². The average Bonchev–Trinajstić information content (AvgIpc) is 2.95. The van der Waals surface area contributed by atoms with Crippen LogP contribution in [0.4, 0.5) is 0 Å². The number of rotatable bonds is 4. The van der Waals surface area contributed by atoms with Crippen molar-refractivity contribution in [2.24, 2.45) is 0 Å². The minimum atomic E-state index is 0.784. The van der Waals surface area contributed by atoms with E-state index < -0.39 is 0 Å². The number of imidazole rings is 1. The lowest BCUT2D eigenvalue weighted by atomic mass is 10.3. The number of aromatic amines is 1. The summed E-state index contributed by atoms with van der Waals surface area (Å²) in [4.78, 5) is 11.3. The highest BCUT2D eigenvalue weighted by Gasteiger charge is 2.09. The molecule has 3 aromatic rings. The zero-order valence-electron chi connectivity index (χ0n) is 10.9. The van der Waals surface area contributed by atoms with E-state index in [4.69, 9.17) is 0 Å². The number of nitrogens with one attached hydrogen (secondary N) is 1. The maximum absolute atomic E-state index is 4.58. The van der Waals surface area contributed by atoms with Crippen LogP contribution in [0.25, 0.3) is 11.0 Å². The molecule has 0 saturated heterocycles. The summed E-state index contributed by atoms with van der Waals surface area (Å²) < 4.78 is 3.96. The van der Waals surface area contributed by atoms with Crippen LogP contribution >= 0.6 is 11.5 Å². The minimum absolute atomic E-state index is 0.784. The van der Waals surface area contributed by atoms with Crippen LogP contribution < -0.4 is 0 Å². The molecule has 2 aromatic heterocycles. The second-order valence-corrected chi connectivity index (χ2v) is 5.49. The van der Waals surface area contributed by atoms with Crippen molar-refractivity contribution in [3.63, 3.8) is 0 Å². The van der Waals surface area contributed by atoms with Gasteiger partial charge in [-0.3, -0.25) is 4.90 Å². The van der Waals surface area contributed by atoms with Crippen molar-refractivity contribution in [2.75, 3.05) is 7.05 Å². The van der Waals surface area contributed by atoms with Gasteiger partial charge in [0, 0.05) is 6.54 Å². The summed E-state index contributed by atoms with van der Waals surface area (Å²) >= 11 is 1.46. The van der Waals surface area contributed by atoms with E-state index >= 15 is 0 Å². The molecule has 0 aliphatic carbocycles. The molecule has 5 nitrogen and oxygen atoms in total. The molecule has 0 aliphatic heterocycles. The Bertz CT molecular complexity index is 654. The quantitative estimate of drug-likeness (QED) is 0.792. The zero-order valence-corrected chi connectivity index (χ0v) is 11.7. The second kappa shape index (κ2) is 5.07. The molecule has 2 heterocycles. The monoisotopic (exact) mass is 273 g/mol. The topological polar surface area (TPSA) is 57.7 Å². The first-order valence-electron chi connectivity index (χ1n) is 6.12. The number of aromatic nitrogens is 4. The fourth-order valence-electron chi connectivity index (χ4n) is 2.03. The van der Waals surface area contributed by atoms with Gasteiger partial charge in [0.2, 0.25) is 0 Å². The lowest BCUT2D eigenvalue weighted by Gasteiger charge is -2.13. The van der Waals surface area contributed by atoms with E-state index in [-0.39, 0.29) is 0 Å². The van der Waals surface area contributed by atoms with Crippen molar-refractivity contribution < 1.29 is 0 Å². The molecule has 0 spiro atoms. The van der Waals surface area contributed by atoms with Gasteiger partial charge in [0.05, 0.1) is 28.1 Å². The Morgan fingerprint density at radius 1 is 1.26 bits per heavy atom. The van der Waals surface area contributed by atoms with Crippen LogP contribution in [0.5, 0.6) is 0 Å². The van der Waals surface area contributed by atoms with Crippen LogP contribution in [0.3, 0.4) is 0 Å². The Morgan fingerprint density at radius 3 is 2.84 bits per heavy atom. The number of H-pyrrole nitrogens is 1. The summed E-state index contributed by atoms with van der Waals surface area (Å²) in [6, 6.07) is 8.08. The molecule has 98 valence electrons. The summed E-state index contributed by atoms with van der Waals surface area (Å²) in [6.45, 7) is 3.63. The van der Waals surface area contributed by atoms with E-state index in [1.807, 2.05) is 31.2 Å². The molecule has 6 heteroatoms. The van der Waals surface area contributed by atoms with Gasteiger partial charge in [-0.15, -0.1) is 5.10 Å². The summed E-state index contributed by atoms with van der Waals surface area (Å²) in [7, 11) is 2.08. The number of nitrogens with zero attached hydrogens (tertiary/aromatic N) is 4. The number of benzene rings is 1. The maximum atomic E-state index is 4.58. The molecule has 0 unspecified atom stereocenters. The number of hydrogen-bond donors (Lipinski definition) is 1. The van der Waals surface area contributed by atoms with E-state index in [0.29, 0.717) is 0 Å². The predicted molar refractivity (Wildman–Crippen MR) is 75.9 cm³/mol. The van der Waals surface area contributed by atoms with E-state index in [0.717, 1.165) is 35.6 Å². The lowest BCUT2D eigenvalue weighted by molar-refractivity contribution is 0.314. The Kier molecular flexibility index (Phi) is 3.27. The third-order valence-corrected chi connectivity index (χ3v) is 3.83. The molecule has 0 saturated carbocycles. The van der Waals surface area contributed by atoms with Crippen molar-refractivity contribution >= 4 is 22.6 Å². The molecule has 19 heavy (non-hydrogen) atoms. The first-order chi connectivity index (χ1) is 9.22. The summed E-state index contributed by atoms with van der Waals surface area (Å²) in [5.41, 5.74) is 3.12. The average molecular weight is 273 g/mol. The second-order valence-electron chi connectivity index (χ2n) is 4.65. The van der Waals surface area contributed by atoms with Gasteiger partial charge in [-0.1, -0.05) is 16.6 Å². The largest absolute Gasteiger partial charge is 0.341 e. The molecule has 3 rings (SSSR count). The third-order valence-electron chi connectivity index (χ3n) is 3.02. The molecule has 1 N–H and O–H groups in total. The number of fused-ring (bicyclic) bond motifs is 1. The zero-order chi connectivity index (χ0) is 13.2. The number of para-hydroxylation sites is 2. The maximum Gasteiger partial charge on any atom is 0.121 e. The van der Waals surface area contributed by atoms with Gasteiger partial charge < -0.3 is 4.98 Å². The molecular weight excluding hydrogens is 258 g/mol. The minimum Gasteiger partial charge on any atom is -0.341 e. The SMILES string of the molecule is Cc1nnsc1CN(C)Cc1nc2ccccc2[nH]1. The number of hydrogen-bond acceptors (Lipinski definition) is 5. The van der Waals surface area contributed by atoms with Crippen molar-refractivity contribution in [1.82, 2.24) is 24.5 Å². The normalized spacial score (nSPS) is 11.5. The van der Waals surface area contributed by atoms with Crippen molar-refractivity contribution in [3.05, 3.63) is 40.7 Å². The summed E-state index contributed by atoms with van der Waals surface area (Å²) in [5.74, 6) is 0.985. The van der Waals surface area contributed by atoms with Gasteiger partial charge in [-0.2, -0.15) is 0 Å². The first-order valence-corrected chi connectivity index (χ1v) is 6.90. The van der Waals surface area contributed by atoms with E-state index in [9.17, 15) is 0 Å². The first kappa shape index (κ1) is 12.3. The molecule has 1 aromatic carbocycles. The van der Waals surface area contributed by atoms with Crippen LogP contribution in [0.1, 0.15) is 16.4 Å². The van der Waals surface area contributed by atoms with E-state index in [2.05, 4.69) is 31.5 Å². The van der Waals surface area contributed by atoms with Gasteiger partial charge >= 0.3 is 0 Å². The van der Waals surface area contributed by atoms with Gasteiger partial charge in [0.15, 0.2) is 0 Å². The summed E-state index contributed by atoms with van der Waals surface area (Å²) in [5, 5.41) is 4.03. The molecule has 0 radical (unpaired) electrons. The van der Waals surface area contributed by atoms with Crippen molar-refractivity contribution in [1.29, 1.82) is 0 Å². The Hall–Kier alpha value is -1.79. The highest BCUT2D eigenvalue weighted by atomic mass is 32.1. The Labute approximate surface area is 115 Å². The smallest absolute Gasteiger partial charge is 0.121 e. The number of aryl methyl sites for hydroxylation is 1. The predicted octanol–water partition coefficient (Wildman–Crippen LogP) is 2.35.